The summed E-state index contributed by atoms with van der Waals surface area (Å²) in [5, 5.41) is 0. The first kappa shape index (κ1) is 19.0. The van der Waals surface area contributed by atoms with Crippen molar-refractivity contribution in [1.82, 2.24) is 4.90 Å². The molecular formula is C20H25NO4S. The van der Waals surface area contributed by atoms with Crippen LogP contribution in [-0.4, -0.2) is 45.4 Å². The first-order valence-corrected chi connectivity index (χ1v) is 10.6. The molecule has 0 amide bonds. The van der Waals surface area contributed by atoms with E-state index < -0.39 is 16.2 Å². The molecule has 1 aliphatic rings. The highest BCUT2D eigenvalue weighted by molar-refractivity contribution is 7.86. The highest BCUT2D eigenvalue weighted by atomic mass is 32.2. The fourth-order valence-electron chi connectivity index (χ4n) is 3.34. The van der Waals surface area contributed by atoms with E-state index in [1.165, 1.54) is 5.56 Å². The van der Waals surface area contributed by atoms with Crippen molar-refractivity contribution in [2.45, 2.75) is 25.2 Å². The molecule has 0 bridgehead atoms. The van der Waals surface area contributed by atoms with Crippen molar-refractivity contribution >= 4 is 10.1 Å². The van der Waals surface area contributed by atoms with Gasteiger partial charge in [0.2, 0.25) is 0 Å². The minimum absolute atomic E-state index is 0.220. The van der Waals surface area contributed by atoms with E-state index in [1.807, 2.05) is 48.5 Å². The van der Waals surface area contributed by atoms with Crippen LogP contribution in [0.4, 0.5) is 0 Å². The van der Waals surface area contributed by atoms with Crippen LogP contribution in [0.2, 0.25) is 0 Å². The van der Waals surface area contributed by atoms with Gasteiger partial charge in [-0.05, 0) is 18.1 Å². The summed E-state index contributed by atoms with van der Waals surface area (Å²) in [6.45, 7) is 4.10. The average molecular weight is 375 g/mol. The zero-order chi connectivity index (χ0) is 18.6. The van der Waals surface area contributed by atoms with Gasteiger partial charge in [-0.2, -0.15) is 8.42 Å². The second kappa shape index (κ2) is 8.31. The van der Waals surface area contributed by atoms with Crippen LogP contribution in [0.15, 0.2) is 60.7 Å². The fourth-order valence-corrected chi connectivity index (χ4v) is 3.95. The van der Waals surface area contributed by atoms with Crippen molar-refractivity contribution in [2.24, 2.45) is 0 Å². The number of hydrogen-bond donors (Lipinski definition) is 0. The van der Waals surface area contributed by atoms with E-state index in [0.717, 1.165) is 18.4 Å². The average Bonchev–Trinajstić information content (AvgIpc) is 2.66. The predicted molar refractivity (Wildman–Crippen MR) is 101 cm³/mol. The monoisotopic (exact) mass is 375 g/mol. The van der Waals surface area contributed by atoms with Crippen molar-refractivity contribution < 1.29 is 17.3 Å². The van der Waals surface area contributed by atoms with E-state index in [4.69, 9.17) is 8.92 Å². The third-order valence-corrected chi connectivity index (χ3v) is 5.26. The molecule has 1 fully saturated rings. The molecule has 1 heterocycles. The Morgan fingerprint density at radius 1 is 1.04 bits per heavy atom. The highest BCUT2D eigenvalue weighted by Crippen LogP contribution is 2.30. The van der Waals surface area contributed by atoms with E-state index in [0.29, 0.717) is 13.2 Å². The molecule has 1 saturated heterocycles. The molecular weight excluding hydrogens is 350 g/mol. The van der Waals surface area contributed by atoms with Crippen LogP contribution in [-0.2, 0) is 19.0 Å². The maximum atomic E-state index is 11.8. The summed E-state index contributed by atoms with van der Waals surface area (Å²) >= 11 is 0. The summed E-state index contributed by atoms with van der Waals surface area (Å²) in [5.74, 6) is 0. The second-order valence-electron chi connectivity index (χ2n) is 6.62. The second-order valence-corrected chi connectivity index (χ2v) is 8.22. The van der Waals surface area contributed by atoms with Crippen LogP contribution in [0.25, 0.3) is 0 Å². The van der Waals surface area contributed by atoms with Gasteiger partial charge in [0.15, 0.2) is 0 Å². The number of ether oxygens (including phenoxy) is 1. The van der Waals surface area contributed by atoms with Gasteiger partial charge in [0.05, 0.1) is 12.9 Å². The molecule has 0 unspecified atom stereocenters. The molecule has 0 spiro atoms. The van der Waals surface area contributed by atoms with E-state index in [1.54, 1.807) is 0 Å². The highest BCUT2D eigenvalue weighted by Gasteiger charge is 2.34. The van der Waals surface area contributed by atoms with Crippen molar-refractivity contribution in [2.75, 3.05) is 26.0 Å². The van der Waals surface area contributed by atoms with Crippen LogP contribution < -0.4 is 0 Å². The standard InChI is InChI=1S/C20H25NO4S/c1-16(17-9-5-3-6-10-17)21-13-14-24-19(15-21)20(25-26(2,22)23)18-11-7-4-8-12-18/h3-12,16,19-20H,13-15H2,1-2H3/t16-,19+,20-/m1/s1. The SMILES string of the molecule is C[C@H](c1ccccc1)N1CCO[C@H]([C@H](OS(C)(=O)=O)c2ccccc2)C1. The Labute approximate surface area is 155 Å². The van der Waals surface area contributed by atoms with Crippen LogP contribution in [0, 0.1) is 0 Å². The first-order valence-electron chi connectivity index (χ1n) is 8.78. The minimum Gasteiger partial charge on any atom is -0.372 e. The Hall–Kier alpha value is -1.73. The maximum Gasteiger partial charge on any atom is 0.265 e. The van der Waals surface area contributed by atoms with Gasteiger partial charge >= 0.3 is 0 Å². The Morgan fingerprint density at radius 3 is 2.19 bits per heavy atom. The van der Waals surface area contributed by atoms with Gasteiger partial charge in [-0.15, -0.1) is 0 Å². The van der Waals surface area contributed by atoms with Gasteiger partial charge < -0.3 is 4.74 Å². The third kappa shape index (κ3) is 4.92. The fraction of sp³-hybridized carbons (Fsp3) is 0.400. The molecule has 1 aliphatic heterocycles. The molecule has 5 nitrogen and oxygen atoms in total. The van der Waals surface area contributed by atoms with Crippen LogP contribution in [0.1, 0.15) is 30.2 Å². The maximum absolute atomic E-state index is 11.8. The molecule has 3 atom stereocenters. The molecule has 2 aromatic rings. The Morgan fingerprint density at radius 2 is 1.62 bits per heavy atom. The quantitative estimate of drug-likeness (QED) is 0.726. The van der Waals surface area contributed by atoms with Crippen LogP contribution in [0.3, 0.4) is 0 Å². The Balaban J connectivity index is 1.81. The third-order valence-electron chi connectivity index (χ3n) is 4.70. The normalized spacial score (nSPS) is 21.2. The summed E-state index contributed by atoms with van der Waals surface area (Å²) in [7, 11) is -3.61. The van der Waals surface area contributed by atoms with Gasteiger partial charge in [-0.3, -0.25) is 9.08 Å². The van der Waals surface area contributed by atoms with Crippen molar-refractivity contribution in [3.8, 4) is 0 Å². The molecule has 0 saturated carbocycles. The van der Waals surface area contributed by atoms with Crippen molar-refractivity contribution in [3.63, 3.8) is 0 Å². The van der Waals surface area contributed by atoms with E-state index >= 15 is 0 Å². The number of nitrogens with zero attached hydrogens (tertiary/aromatic N) is 1. The van der Waals surface area contributed by atoms with Crippen LogP contribution in [0.5, 0.6) is 0 Å². The van der Waals surface area contributed by atoms with E-state index in [9.17, 15) is 8.42 Å². The number of rotatable bonds is 6. The summed E-state index contributed by atoms with van der Waals surface area (Å²) in [6, 6.07) is 19.9. The lowest BCUT2D eigenvalue weighted by molar-refractivity contribution is -0.0889. The molecule has 6 heteroatoms. The lowest BCUT2D eigenvalue weighted by atomic mass is 10.0. The number of benzene rings is 2. The zero-order valence-electron chi connectivity index (χ0n) is 15.1. The van der Waals surface area contributed by atoms with E-state index in [2.05, 4.69) is 24.0 Å². The molecule has 0 N–H and O–H groups in total. The van der Waals surface area contributed by atoms with Gasteiger partial charge in [0, 0.05) is 19.1 Å². The lowest BCUT2D eigenvalue weighted by Gasteiger charge is -2.39. The van der Waals surface area contributed by atoms with Gasteiger partial charge in [0.25, 0.3) is 10.1 Å². The smallest absolute Gasteiger partial charge is 0.265 e. The molecule has 140 valence electrons. The lowest BCUT2D eigenvalue weighted by Crippen LogP contribution is -2.46. The van der Waals surface area contributed by atoms with Gasteiger partial charge in [-0.1, -0.05) is 60.7 Å². The molecule has 3 rings (SSSR count). The Kier molecular flexibility index (Phi) is 6.09. The minimum atomic E-state index is -3.61. The summed E-state index contributed by atoms with van der Waals surface area (Å²) in [5.41, 5.74) is 2.03. The van der Waals surface area contributed by atoms with Crippen LogP contribution >= 0.6 is 0 Å². The first-order chi connectivity index (χ1) is 12.4. The zero-order valence-corrected chi connectivity index (χ0v) is 15.9. The molecule has 0 aromatic heterocycles. The molecule has 0 aliphatic carbocycles. The molecule has 26 heavy (non-hydrogen) atoms. The van der Waals surface area contributed by atoms with Crippen molar-refractivity contribution in [1.29, 1.82) is 0 Å². The molecule has 0 radical (unpaired) electrons. The Bertz CT molecular complexity index is 795. The summed E-state index contributed by atoms with van der Waals surface area (Å²) < 4.78 is 34.9. The van der Waals surface area contributed by atoms with E-state index in [-0.39, 0.29) is 12.1 Å². The summed E-state index contributed by atoms with van der Waals surface area (Å²) in [4.78, 5) is 2.31. The van der Waals surface area contributed by atoms with Gasteiger partial charge in [-0.25, -0.2) is 0 Å². The largest absolute Gasteiger partial charge is 0.372 e. The number of hydrogen-bond acceptors (Lipinski definition) is 5. The molecule has 2 aromatic carbocycles. The summed E-state index contributed by atoms with van der Waals surface area (Å²) in [6.07, 6.45) is 0.0693. The van der Waals surface area contributed by atoms with Crippen molar-refractivity contribution in [3.05, 3.63) is 71.8 Å². The van der Waals surface area contributed by atoms with Gasteiger partial charge in [0.1, 0.15) is 12.2 Å². The number of morpholine rings is 1. The topological polar surface area (TPSA) is 55.8 Å². The predicted octanol–water partition coefficient (Wildman–Crippen LogP) is 3.17.